The fourth-order valence-electron chi connectivity index (χ4n) is 3.45. The Morgan fingerprint density at radius 2 is 2.06 bits per heavy atom. The van der Waals surface area contributed by atoms with Crippen LogP contribution in [0.3, 0.4) is 0 Å². The Morgan fingerprint density at radius 3 is 2.79 bits per heavy atom. The van der Waals surface area contributed by atoms with Crippen LogP contribution in [0, 0.1) is 11.3 Å². The predicted molar refractivity (Wildman–Crippen MR) is 124 cm³/mol. The van der Waals surface area contributed by atoms with Crippen molar-refractivity contribution in [2.45, 2.75) is 19.4 Å². The molecule has 172 valence electrons. The van der Waals surface area contributed by atoms with E-state index in [1.54, 1.807) is 25.6 Å². The zero-order valence-corrected chi connectivity index (χ0v) is 19.3. The summed E-state index contributed by atoms with van der Waals surface area (Å²) in [6, 6.07) is 9.52. The number of aromatic nitrogens is 3. The summed E-state index contributed by atoms with van der Waals surface area (Å²) in [5.74, 6) is 0.0546. The number of hydrogen-bond acceptors (Lipinski definition) is 8. The maximum Gasteiger partial charge on any atom is 0.252 e. The number of pyridine rings is 1. The fourth-order valence-corrected chi connectivity index (χ4v) is 3.45. The average molecular weight is 449 g/mol. The normalized spacial score (nSPS) is 11.9. The van der Waals surface area contributed by atoms with Gasteiger partial charge in [-0.3, -0.25) is 9.78 Å². The van der Waals surface area contributed by atoms with E-state index in [0.717, 1.165) is 16.5 Å². The van der Waals surface area contributed by atoms with Gasteiger partial charge in [0.15, 0.2) is 0 Å². The van der Waals surface area contributed by atoms with Crippen molar-refractivity contribution in [2.24, 2.45) is 0 Å². The molecule has 1 unspecified atom stereocenters. The zero-order valence-electron chi connectivity index (χ0n) is 19.3. The maximum absolute atomic E-state index is 12.5. The van der Waals surface area contributed by atoms with E-state index in [4.69, 9.17) is 9.47 Å². The summed E-state index contributed by atoms with van der Waals surface area (Å²) in [5.41, 5.74) is 2.12. The number of rotatable bonds is 10. The summed E-state index contributed by atoms with van der Waals surface area (Å²) in [4.78, 5) is 27.8. The monoisotopic (exact) mass is 448 g/mol. The summed E-state index contributed by atoms with van der Waals surface area (Å²) in [5, 5.41) is 13.9. The first-order valence-corrected chi connectivity index (χ1v) is 10.6. The topological polar surface area (TPSA) is 113 Å². The molecule has 3 aromatic rings. The lowest BCUT2D eigenvalue weighted by atomic mass is 10.0. The van der Waals surface area contributed by atoms with E-state index in [1.165, 1.54) is 0 Å². The molecular weight excluding hydrogens is 420 g/mol. The van der Waals surface area contributed by atoms with Crippen molar-refractivity contribution in [3.05, 3.63) is 59.3 Å². The van der Waals surface area contributed by atoms with Crippen molar-refractivity contribution in [1.29, 1.82) is 5.26 Å². The zero-order chi connectivity index (χ0) is 23.8. The highest BCUT2D eigenvalue weighted by Crippen LogP contribution is 2.21. The Balaban J connectivity index is 1.81. The quantitative estimate of drug-likeness (QED) is 0.470. The largest absolute Gasteiger partial charge is 0.471 e. The molecule has 9 nitrogen and oxygen atoms in total. The van der Waals surface area contributed by atoms with Crippen LogP contribution in [0.25, 0.3) is 10.8 Å². The van der Waals surface area contributed by atoms with Gasteiger partial charge in [0, 0.05) is 49.5 Å². The van der Waals surface area contributed by atoms with Crippen LogP contribution in [0.5, 0.6) is 5.88 Å². The van der Waals surface area contributed by atoms with E-state index in [9.17, 15) is 10.1 Å². The van der Waals surface area contributed by atoms with Crippen molar-refractivity contribution in [2.75, 3.05) is 40.9 Å². The van der Waals surface area contributed by atoms with Crippen LogP contribution in [0.15, 0.2) is 36.7 Å². The van der Waals surface area contributed by atoms with E-state index in [1.807, 2.05) is 50.2 Å². The second-order valence-electron chi connectivity index (χ2n) is 7.95. The van der Waals surface area contributed by atoms with E-state index >= 15 is 0 Å². The molecule has 0 bridgehead atoms. The molecule has 9 heteroatoms. The van der Waals surface area contributed by atoms with E-state index in [2.05, 4.69) is 20.3 Å². The smallest absolute Gasteiger partial charge is 0.252 e. The molecule has 2 aromatic heterocycles. The molecular formula is C24H28N6O3. The number of ether oxygens (including phenoxy) is 2. The van der Waals surface area contributed by atoms with Crippen LogP contribution in [-0.4, -0.2) is 72.8 Å². The number of methoxy groups -OCH3 is 1. The van der Waals surface area contributed by atoms with Gasteiger partial charge in [0.2, 0.25) is 5.69 Å². The summed E-state index contributed by atoms with van der Waals surface area (Å²) in [6.45, 7) is 3.49. The molecule has 0 aliphatic heterocycles. The molecule has 1 atom stereocenters. The lowest BCUT2D eigenvalue weighted by molar-refractivity contribution is 0.0938. The first-order valence-electron chi connectivity index (χ1n) is 10.6. The van der Waals surface area contributed by atoms with Gasteiger partial charge in [0.1, 0.15) is 12.2 Å². The lowest BCUT2D eigenvalue weighted by Crippen LogP contribution is -2.28. The highest BCUT2D eigenvalue weighted by Gasteiger charge is 2.15. The molecule has 1 aromatic carbocycles. The van der Waals surface area contributed by atoms with Crippen molar-refractivity contribution in [3.63, 3.8) is 0 Å². The minimum Gasteiger partial charge on any atom is -0.471 e. The number of hydrogen-bond donors (Lipinski definition) is 1. The number of nitriles is 1. The standard InChI is InChI=1S/C24H28N6O3/c1-16(15-30(2)3)33-24-22(12-25)28-13-19(29-24)11-18-10-17-6-5-7-20(21(17)14-27-18)23(31)26-8-9-32-4/h5-7,10,13-14,16H,8-9,11,15H2,1-4H3,(H,26,31). The summed E-state index contributed by atoms with van der Waals surface area (Å²) >= 11 is 0. The van der Waals surface area contributed by atoms with Crippen LogP contribution in [0.2, 0.25) is 0 Å². The molecule has 2 heterocycles. The number of nitrogens with zero attached hydrogens (tertiary/aromatic N) is 5. The molecule has 0 spiro atoms. The highest BCUT2D eigenvalue weighted by atomic mass is 16.5. The molecule has 0 saturated heterocycles. The molecule has 3 rings (SSSR count). The molecule has 33 heavy (non-hydrogen) atoms. The Kier molecular flexibility index (Phi) is 8.24. The van der Waals surface area contributed by atoms with Crippen molar-refractivity contribution >= 4 is 16.7 Å². The van der Waals surface area contributed by atoms with Gasteiger partial charge in [-0.2, -0.15) is 5.26 Å². The third-order valence-corrected chi connectivity index (χ3v) is 4.85. The van der Waals surface area contributed by atoms with Crippen LogP contribution < -0.4 is 10.1 Å². The first kappa shape index (κ1) is 24.0. The Bertz CT molecular complexity index is 1160. The van der Waals surface area contributed by atoms with Crippen LogP contribution in [0.1, 0.15) is 34.4 Å². The van der Waals surface area contributed by atoms with Gasteiger partial charge in [0.25, 0.3) is 11.8 Å². The van der Waals surface area contributed by atoms with Crippen LogP contribution in [0.4, 0.5) is 0 Å². The minimum absolute atomic E-state index is 0.149. The molecule has 0 radical (unpaired) electrons. The van der Waals surface area contributed by atoms with E-state index in [0.29, 0.717) is 37.4 Å². The van der Waals surface area contributed by atoms with Crippen LogP contribution >= 0.6 is 0 Å². The number of carbonyl (C=O) groups excluding carboxylic acids is 1. The van der Waals surface area contributed by atoms with Crippen LogP contribution in [-0.2, 0) is 11.2 Å². The molecule has 1 amide bonds. The Morgan fingerprint density at radius 1 is 1.24 bits per heavy atom. The number of benzene rings is 1. The minimum atomic E-state index is -0.168. The van der Waals surface area contributed by atoms with Gasteiger partial charge in [-0.25, -0.2) is 9.97 Å². The summed E-state index contributed by atoms with van der Waals surface area (Å²) in [7, 11) is 5.49. The molecule has 0 fully saturated rings. The van der Waals surface area contributed by atoms with Gasteiger partial charge in [-0.05, 0) is 38.5 Å². The molecule has 0 aliphatic rings. The first-order chi connectivity index (χ1) is 15.9. The van der Waals surface area contributed by atoms with Gasteiger partial charge < -0.3 is 19.7 Å². The Labute approximate surface area is 193 Å². The maximum atomic E-state index is 12.5. The number of likely N-dealkylation sites (N-methyl/N-ethyl adjacent to an activating group) is 1. The number of amides is 1. The summed E-state index contributed by atoms with van der Waals surface area (Å²) in [6.07, 6.45) is 3.53. The van der Waals surface area contributed by atoms with E-state index < -0.39 is 0 Å². The average Bonchev–Trinajstić information content (AvgIpc) is 2.78. The summed E-state index contributed by atoms with van der Waals surface area (Å²) < 4.78 is 10.8. The van der Waals surface area contributed by atoms with Crippen molar-refractivity contribution in [1.82, 2.24) is 25.2 Å². The lowest BCUT2D eigenvalue weighted by Gasteiger charge is -2.18. The fraction of sp³-hybridized carbons (Fsp3) is 0.375. The predicted octanol–water partition coefficient (Wildman–Crippen LogP) is 2.19. The molecule has 1 N–H and O–H groups in total. The Hall–Kier alpha value is -3.61. The second kappa shape index (κ2) is 11.3. The van der Waals surface area contributed by atoms with Crippen molar-refractivity contribution < 1.29 is 14.3 Å². The van der Waals surface area contributed by atoms with Gasteiger partial charge in [-0.1, -0.05) is 12.1 Å². The van der Waals surface area contributed by atoms with Gasteiger partial charge in [-0.15, -0.1) is 0 Å². The highest BCUT2D eigenvalue weighted by molar-refractivity contribution is 6.06. The number of carbonyl (C=O) groups is 1. The van der Waals surface area contributed by atoms with Gasteiger partial charge in [0.05, 0.1) is 18.5 Å². The SMILES string of the molecule is COCCNC(=O)c1cccc2cc(Cc3cnc(C#N)c(OC(C)CN(C)C)n3)ncc12. The third kappa shape index (κ3) is 6.44. The van der Waals surface area contributed by atoms with Crippen molar-refractivity contribution in [3.8, 4) is 11.9 Å². The molecule has 0 saturated carbocycles. The third-order valence-electron chi connectivity index (χ3n) is 4.85. The van der Waals surface area contributed by atoms with E-state index in [-0.39, 0.29) is 23.6 Å². The number of nitrogens with one attached hydrogen (secondary N) is 1. The second-order valence-corrected chi connectivity index (χ2v) is 7.95. The number of fused-ring (bicyclic) bond motifs is 1. The van der Waals surface area contributed by atoms with Gasteiger partial charge >= 0.3 is 0 Å². The molecule has 0 aliphatic carbocycles.